The van der Waals surface area contributed by atoms with Gasteiger partial charge in [-0.25, -0.2) is 12.6 Å². The second-order valence-corrected chi connectivity index (χ2v) is 4.78. The summed E-state index contributed by atoms with van der Waals surface area (Å²) in [5, 5.41) is 7.71. The number of nitrogens with two attached hydrogens (primary N) is 1. The quantitative estimate of drug-likeness (QED) is 0.297. The van der Waals surface area contributed by atoms with Crippen molar-refractivity contribution in [2.24, 2.45) is 5.73 Å². The van der Waals surface area contributed by atoms with Crippen LogP contribution in [-0.4, -0.2) is 44.6 Å². The van der Waals surface area contributed by atoms with Crippen molar-refractivity contribution in [1.29, 1.82) is 0 Å². The normalized spacial score (nSPS) is 16.9. The van der Waals surface area contributed by atoms with Crippen molar-refractivity contribution in [3.05, 3.63) is 0 Å². The largest absolute Gasteiger partial charge is 0.397 e. The predicted molar refractivity (Wildman–Crippen MR) is 46.4 cm³/mol. The maximum absolute atomic E-state index is 10.2. The van der Waals surface area contributed by atoms with Gasteiger partial charge in [0.1, 0.15) is 5.37 Å². The third kappa shape index (κ3) is 7.17. The van der Waals surface area contributed by atoms with E-state index in [2.05, 4.69) is 4.18 Å². The number of aliphatic hydroxyl groups excluding tert-OH is 1. The van der Waals surface area contributed by atoms with E-state index < -0.39 is 39.2 Å². The van der Waals surface area contributed by atoms with Gasteiger partial charge in [-0.05, 0) is 0 Å². The molecule has 0 radical (unpaired) electrons. The minimum Gasteiger partial charge on any atom is -0.391 e. The van der Waals surface area contributed by atoms with E-state index in [9.17, 15) is 16.8 Å². The van der Waals surface area contributed by atoms with Gasteiger partial charge in [0.15, 0.2) is 10.7 Å². The Morgan fingerprint density at radius 2 is 1.93 bits per heavy atom. The Kier molecular flexibility index (Phi) is 5.48. The van der Waals surface area contributed by atoms with Crippen LogP contribution >= 0.6 is 0 Å². The number of thiol groups is 1. The van der Waals surface area contributed by atoms with Gasteiger partial charge < -0.3 is 10.8 Å². The lowest BCUT2D eigenvalue weighted by molar-refractivity contribution is 0.0954. The predicted octanol–water partition coefficient (Wildman–Crippen LogP) is -2.55. The Hall–Kier alpha value is -0.260. The van der Waals surface area contributed by atoms with Crippen LogP contribution in [0.4, 0.5) is 0 Å². The van der Waals surface area contributed by atoms with Gasteiger partial charge in [0.05, 0.1) is 12.7 Å². The second-order valence-electron chi connectivity index (χ2n) is 2.45. The molecule has 0 aliphatic rings. The average molecular weight is 249 g/mol. The fraction of sp³-hybridized carbons (Fsp3) is 1.00. The first kappa shape index (κ1) is 13.7. The smallest absolute Gasteiger partial charge is 0.391 e. The van der Waals surface area contributed by atoms with Gasteiger partial charge in [0, 0.05) is 6.42 Å². The zero-order valence-corrected chi connectivity index (χ0v) is 8.65. The zero-order chi connectivity index (χ0) is 11.4. The molecule has 0 aliphatic carbocycles. The molecule has 86 valence electrons. The first-order valence-corrected chi connectivity index (χ1v) is 6.02. The van der Waals surface area contributed by atoms with Gasteiger partial charge >= 0.3 is 10.4 Å². The minimum absolute atomic E-state index is 0.367. The maximum Gasteiger partial charge on any atom is 0.397 e. The summed E-state index contributed by atoms with van der Waals surface area (Å²) in [7, 11) is -7.51. The van der Waals surface area contributed by atoms with E-state index in [1.54, 1.807) is 0 Å². The third-order valence-corrected chi connectivity index (χ3v) is 2.38. The Morgan fingerprint density at radius 3 is 2.29 bits per heavy atom. The molecule has 0 amide bonds. The Balaban J connectivity index is 3.94. The Labute approximate surface area is 82.6 Å². The molecule has 0 spiro atoms. The number of hydrogen-bond acceptors (Lipinski definition) is 7. The van der Waals surface area contributed by atoms with Gasteiger partial charge in [-0.1, -0.05) is 0 Å². The van der Waals surface area contributed by atoms with E-state index in [4.69, 9.17) is 15.4 Å². The second kappa shape index (κ2) is 5.58. The van der Waals surface area contributed by atoms with Crippen LogP contribution in [0.25, 0.3) is 0 Å². The number of rotatable bonds is 6. The monoisotopic (exact) mass is 249 g/mol. The van der Waals surface area contributed by atoms with E-state index in [-0.39, 0.29) is 6.42 Å². The van der Waals surface area contributed by atoms with Crippen LogP contribution in [0, 0.1) is 0 Å². The van der Waals surface area contributed by atoms with Crippen molar-refractivity contribution in [2.75, 3.05) is 6.61 Å². The molecular weight excluding hydrogens is 238 g/mol. The Morgan fingerprint density at radius 1 is 1.43 bits per heavy atom. The van der Waals surface area contributed by atoms with Crippen LogP contribution in [0.2, 0.25) is 0 Å². The summed E-state index contributed by atoms with van der Waals surface area (Å²) < 4.78 is 52.4. The standard InChI is InChI=1S/C4H11NO7S2/c5-4(13(7)8)1-3(6)2-12-14(9,10)11/h3-4,6,13H,1-2,5H2,(H,9,10,11). The summed E-state index contributed by atoms with van der Waals surface area (Å²) in [6, 6.07) is 0. The first-order chi connectivity index (χ1) is 6.22. The minimum atomic E-state index is -4.63. The van der Waals surface area contributed by atoms with Crippen LogP contribution in [-0.2, 0) is 25.3 Å². The molecule has 0 heterocycles. The van der Waals surface area contributed by atoms with E-state index in [1.165, 1.54) is 0 Å². The molecule has 0 aromatic heterocycles. The molecule has 2 unspecified atom stereocenters. The average Bonchev–Trinajstić information content (AvgIpc) is 1.99. The molecule has 2 atom stereocenters. The van der Waals surface area contributed by atoms with Crippen molar-refractivity contribution < 1.29 is 30.7 Å². The highest BCUT2D eigenvalue weighted by Gasteiger charge is 2.15. The summed E-state index contributed by atoms with van der Waals surface area (Å²) >= 11 is 0. The summed E-state index contributed by atoms with van der Waals surface area (Å²) in [4.78, 5) is 0. The molecule has 0 bridgehead atoms. The summed E-state index contributed by atoms with van der Waals surface area (Å²) in [6.07, 6.45) is -1.74. The summed E-state index contributed by atoms with van der Waals surface area (Å²) in [5.74, 6) is 0. The van der Waals surface area contributed by atoms with Crippen molar-refractivity contribution >= 4 is 21.1 Å². The van der Waals surface area contributed by atoms with Gasteiger partial charge in [0.2, 0.25) is 0 Å². The van der Waals surface area contributed by atoms with Crippen LogP contribution in [0.1, 0.15) is 6.42 Å². The van der Waals surface area contributed by atoms with Crippen molar-refractivity contribution in [3.8, 4) is 0 Å². The maximum atomic E-state index is 10.2. The van der Waals surface area contributed by atoms with Crippen molar-refractivity contribution in [3.63, 3.8) is 0 Å². The van der Waals surface area contributed by atoms with Crippen LogP contribution < -0.4 is 5.73 Å². The van der Waals surface area contributed by atoms with Gasteiger partial charge in [-0.2, -0.15) is 8.42 Å². The molecule has 0 aromatic carbocycles. The first-order valence-electron chi connectivity index (χ1n) is 3.41. The number of aliphatic hydroxyl groups is 1. The van der Waals surface area contributed by atoms with Crippen LogP contribution in [0.3, 0.4) is 0 Å². The molecular formula is C4H11NO7S2. The fourth-order valence-electron chi connectivity index (χ4n) is 0.597. The van der Waals surface area contributed by atoms with E-state index in [1.807, 2.05) is 0 Å². The van der Waals surface area contributed by atoms with E-state index in [0.717, 1.165) is 0 Å². The van der Waals surface area contributed by atoms with E-state index in [0.29, 0.717) is 0 Å². The van der Waals surface area contributed by atoms with Crippen LogP contribution in [0.5, 0.6) is 0 Å². The summed E-state index contributed by atoms with van der Waals surface area (Å²) in [5.41, 5.74) is 5.03. The van der Waals surface area contributed by atoms with Crippen molar-refractivity contribution in [2.45, 2.75) is 17.9 Å². The summed E-state index contributed by atoms with van der Waals surface area (Å²) in [6.45, 7) is -0.740. The lowest BCUT2D eigenvalue weighted by Gasteiger charge is -2.10. The molecule has 4 N–H and O–H groups in total. The molecule has 0 saturated heterocycles. The Bertz CT molecular complexity index is 326. The molecule has 0 aliphatic heterocycles. The van der Waals surface area contributed by atoms with Gasteiger partial charge in [-0.3, -0.25) is 4.55 Å². The van der Waals surface area contributed by atoms with Crippen molar-refractivity contribution in [1.82, 2.24) is 0 Å². The molecule has 8 nitrogen and oxygen atoms in total. The zero-order valence-electron chi connectivity index (χ0n) is 6.94. The van der Waals surface area contributed by atoms with Crippen LogP contribution in [0.15, 0.2) is 0 Å². The van der Waals surface area contributed by atoms with Gasteiger partial charge in [0.25, 0.3) is 0 Å². The highest BCUT2D eigenvalue weighted by molar-refractivity contribution is 7.80. The molecule has 0 rings (SSSR count). The molecule has 0 fully saturated rings. The van der Waals surface area contributed by atoms with Gasteiger partial charge in [-0.15, -0.1) is 0 Å². The molecule has 14 heavy (non-hydrogen) atoms. The van der Waals surface area contributed by atoms with E-state index >= 15 is 0 Å². The molecule has 0 aromatic rings. The third-order valence-electron chi connectivity index (χ3n) is 1.19. The molecule has 0 saturated carbocycles. The fourth-order valence-corrected chi connectivity index (χ4v) is 1.34. The highest BCUT2D eigenvalue weighted by atomic mass is 32.3. The lowest BCUT2D eigenvalue weighted by Crippen LogP contribution is -2.30. The topological polar surface area (TPSA) is 144 Å². The SMILES string of the molecule is NC(CC(O)COS(=O)(=O)O)[SH](=O)=O. The lowest BCUT2D eigenvalue weighted by atomic mass is 10.3. The molecule has 10 heteroatoms. The number of hydrogen-bond donors (Lipinski definition) is 4. The highest BCUT2D eigenvalue weighted by Crippen LogP contribution is 1.99.